The number of ketones is 1. The lowest BCUT2D eigenvalue weighted by Gasteiger charge is -2.46. The van der Waals surface area contributed by atoms with Crippen LogP contribution >= 0.6 is 0 Å². The van der Waals surface area contributed by atoms with Crippen LogP contribution in [0.4, 0.5) is 5.82 Å². The SMILES string of the molecule is COc1c(O)c(CCc2cccc(-c3cc([C@@]4(C)CCC[C@]45CCC[C@H]5Cc4ccccc4)[nH]c3N3CCNCC3)c2)c2c(c1OCC[C@@H](O)/C=C/c1ccccc1)C(=O)CC(c1ccc(O)cc1)O2. The lowest BCUT2D eigenvalue weighted by molar-refractivity contribution is 0.0836. The number of aromatic hydroxyl groups is 2. The summed E-state index contributed by atoms with van der Waals surface area (Å²) in [5.41, 5.74) is 8.86. The van der Waals surface area contributed by atoms with E-state index in [0.29, 0.717) is 24.3 Å². The summed E-state index contributed by atoms with van der Waals surface area (Å²) in [7, 11) is 1.46. The number of phenols is 2. The van der Waals surface area contributed by atoms with Crippen LogP contribution in [0.5, 0.6) is 28.7 Å². The molecule has 10 rings (SSSR count). The first-order valence-corrected chi connectivity index (χ1v) is 25.4. The normalized spacial score (nSPS) is 22.6. The Morgan fingerprint density at radius 3 is 2.37 bits per heavy atom. The molecule has 3 fully saturated rings. The number of aryl methyl sites for hydroxylation is 1. The van der Waals surface area contributed by atoms with E-state index < -0.39 is 12.2 Å². The fraction of sp³-hybridized carbons (Fsp3) is 0.383. The van der Waals surface area contributed by atoms with E-state index in [4.69, 9.17) is 14.2 Å². The summed E-state index contributed by atoms with van der Waals surface area (Å²) in [6.07, 6.45) is 11.9. The number of carbonyl (C=O) groups is 1. The van der Waals surface area contributed by atoms with Crippen molar-refractivity contribution in [3.05, 3.63) is 160 Å². The second-order valence-corrected chi connectivity index (χ2v) is 20.2. The van der Waals surface area contributed by atoms with Crippen molar-refractivity contribution < 1.29 is 34.3 Å². The number of hydrogen-bond acceptors (Lipinski definition) is 9. The number of anilines is 1. The number of benzene rings is 5. The quantitative estimate of drug-likeness (QED) is 0.0642. The highest BCUT2D eigenvalue weighted by Crippen LogP contribution is 2.65. The molecule has 364 valence electrons. The molecular weight excluding hydrogens is 875 g/mol. The van der Waals surface area contributed by atoms with Crippen molar-refractivity contribution in [1.82, 2.24) is 10.3 Å². The van der Waals surface area contributed by atoms with Crippen LogP contribution in [0.25, 0.3) is 17.2 Å². The van der Waals surface area contributed by atoms with Crippen molar-refractivity contribution in [2.75, 3.05) is 44.8 Å². The third-order valence-corrected chi connectivity index (χ3v) is 16.2. The number of aliphatic hydroxyl groups is 1. The van der Waals surface area contributed by atoms with Crippen LogP contribution in [-0.4, -0.2) is 72.1 Å². The van der Waals surface area contributed by atoms with Crippen molar-refractivity contribution in [3.8, 4) is 39.9 Å². The van der Waals surface area contributed by atoms with Gasteiger partial charge in [0.15, 0.2) is 17.3 Å². The van der Waals surface area contributed by atoms with Crippen molar-refractivity contribution in [3.63, 3.8) is 0 Å². The van der Waals surface area contributed by atoms with Crippen LogP contribution in [-0.2, 0) is 24.7 Å². The Hall–Kier alpha value is -6.49. The Bertz CT molecular complexity index is 2800. The zero-order chi connectivity index (χ0) is 48.2. The van der Waals surface area contributed by atoms with E-state index in [1.807, 2.05) is 36.4 Å². The summed E-state index contributed by atoms with van der Waals surface area (Å²) in [6, 6.07) is 38.7. The minimum atomic E-state index is -0.811. The van der Waals surface area contributed by atoms with Gasteiger partial charge in [-0.05, 0) is 102 Å². The van der Waals surface area contributed by atoms with Gasteiger partial charge < -0.3 is 44.7 Å². The van der Waals surface area contributed by atoms with Gasteiger partial charge in [0.2, 0.25) is 5.75 Å². The number of hydrogen-bond donors (Lipinski definition) is 5. The van der Waals surface area contributed by atoms with Gasteiger partial charge in [-0.1, -0.05) is 129 Å². The van der Waals surface area contributed by atoms with Gasteiger partial charge in [0.1, 0.15) is 29.0 Å². The molecule has 0 bridgehead atoms. The molecule has 1 spiro atoms. The highest BCUT2D eigenvalue weighted by Gasteiger charge is 2.58. The van der Waals surface area contributed by atoms with Gasteiger partial charge in [0.25, 0.3) is 0 Å². The molecule has 5 atom stereocenters. The number of carbonyl (C=O) groups excluding carboxylic acids is 1. The lowest BCUT2D eigenvalue weighted by Crippen LogP contribution is -2.44. The molecule has 1 unspecified atom stereocenters. The zero-order valence-corrected chi connectivity index (χ0v) is 40.6. The molecule has 5 N–H and O–H groups in total. The van der Waals surface area contributed by atoms with E-state index in [0.717, 1.165) is 54.9 Å². The molecule has 0 amide bonds. The lowest BCUT2D eigenvalue weighted by atomic mass is 9.58. The van der Waals surface area contributed by atoms with Gasteiger partial charge in [-0.25, -0.2) is 0 Å². The van der Waals surface area contributed by atoms with Crippen LogP contribution in [0.1, 0.15) is 108 Å². The van der Waals surface area contributed by atoms with Gasteiger partial charge in [0.05, 0.1) is 26.2 Å². The number of nitrogens with zero attached hydrogens (tertiary/aromatic N) is 1. The minimum Gasteiger partial charge on any atom is -0.508 e. The third kappa shape index (κ3) is 9.31. The van der Waals surface area contributed by atoms with Gasteiger partial charge in [-0.15, -0.1) is 0 Å². The smallest absolute Gasteiger partial charge is 0.204 e. The maximum Gasteiger partial charge on any atom is 0.204 e. The molecule has 3 heterocycles. The number of H-pyrrole nitrogens is 1. The van der Waals surface area contributed by atoms with Gasteiger partial charge >= 0.3 is 0 Å². The van der Waals surface area contributed by atoms with Crippen molar-refractivity contribution >= 4 is 17.7 Å². The standard InChI is InChI=1S/C60H67N3O7/c1-59(28-11-30-60(59)29-10-18-45(60)37-41-14-7-4-8-15-41)52-38-49(58(62-52)63-33-31-61-32-34-63)44-17-9-16-42(36-44)20-26-48-54(67)57(68-2)56(69-35-27-47(65)23-19-40-12-5-3-6-13-40)53-50(66)39-51(70-55(48)53)43-21-24-46(64)25-22-43/h3-9,12-17,19,21-25,36,38,45,47,51,61-62,64-65,67H,10-11,18,20,26-35,37,39H2,1-2H3/b23-19+/t45-,47-,51?,59+,60-/m0/s1. The predicted molar refractivity (Wildman–Crippen MR) is 277 cm³/mol. The average molecular weight is 942 g/mol. The number of fused-ring (bicyclic) bond motifs is 1. The molecule has 2 aliphatic heterocycles. The first-order chi connectivity index (χ1) is 34.1. The van der Waals surface area contributed by atoms with Gasteiger partial charge in [-0.3, -0.25) is 4.79 Å². The monoisotopic (exact) mass is 941 g/mol. The van der Waals surface area contributed by atoms with E-state index in [-0.39, 0.29) is 70.4 Å². The average Bonchev–Trinajstić information content (AvgIpc) is 4.12. The van der Waals surface area contributed by atoms with E-state index >= 15 is 0 Å². The molecule has 0 radical (unpaired) electrons. The van der Waals surface area contributed by atoms with Gasteiger partial charge in [-0.2, -0.15) is 0 Å². The number of aromatic nitrogens is 1. The molecular formula is C60H67N3O7. The van der Waals surface area contributed by atoms with Crippen LogP contribution in [0.3, 0.4) is 0 Å². The van der Waals surface area contributed by atoms with E-state index in [1.165, 1.54) is 68.3 Å². The number of nitrogens with one attached hydrogen (secondary N) is 2. The third-order valence-electron chi connectivity index (χ3n) is 16.2. The van der Waals surface area contributed by atoms with Crippen molar-refractivity contribution in [1.29, 1.82) is 0 Å². The highest BCUT2D eigenvalue weighted by molar-refractivity contribution is 6.04. The molecule has 6 aromatic rings. The fourth-order valence-corrected chi connectivity index (χ4v) is 12.5. The number of aromatic amines is 1. The number of phenolic OH excluding ortho intramolecular Hbond substituents is 2. The number of methoxy groups -OCH3 is 1. The molecule has 5 aromatic carbocycles. The Balaban J connectivity index is 0.958. The molecule has 1 saturated heterocycles. The maximum atomic E-state index is 14.4. The molecule has 70 heavy (non-hydrogen) atoms. The summed E-state index contributed by atoms with van der Waals surface area (Å²) in [5.74, 6) is 1.99. The van der Waals surface area contributed by atoms with Crippen LogP contribution < -0.4 is 24.4 Å². The van der Waals surface area contributed by atoms with E-state index in [9.17, 15) is 20.1 Å². The molecule has 10 heteroatoms. The second-order valence-electron chi connectivity index (χ2n) is 20.2. The van der Waals surface area contributed by atoms with Crippen molar-refractivity contribution in [2.24, 2.45) is 11.3 Å². The topological polar surface area (TPSA) is 137 Å². The Kier molecular flexibility index (Phi) is 13.8. The number of aliphatic hydroxyl groups excluding tert-OH is 1. The Morgan fingerprint density at radius 2 is 1.60 bits per heavy atom. The second kappa shape index (κ2) is 20.5. The summed E-state index contributed by atoms with van der Waals surface area (Å²) >= 11 is 0. The number of piperazine rings is 1. The summed E-state index contributed by atoms with van der Waals surface area (Å²) in [6.45, 7) is 6.32. The molecule has 2 aliphatic carbocycles. The largest absolute Gasteiger partial charge is 0.508 e. The number of rotatable bonds is 16. The zero-order valence-electron chi connectivity index (χ0n) is 40.6. The van der Waals surface area contributed by atoms with E-state index in [1.54, 1.807) is 30.3 Å². The molecule has 2 saturated carbocycles. The first-order valence-electron chi connectivity index (χ1n) is 25.4. The summed E-state index contributed by atoms with van der Waals surface area (Å²) < 4.78 is 18.9. The van der Waals surface area contributed by atoms with Gasteiger partial charge in [0, 0.05) is 54.8 Å². The maximum absolute atomic E-state index is 14.4. The number of ether oxygens (including phenoxy) is 3. The highest BCUT2D eigenvalue weighted by atomic mass is 16.5. The van der Waals surface area contributed by atoms with Crippen LogP contribution in [0, 0.1) is 11.3 Å². The summed E-state index contributed by atoms with van der Waals surface area (Å²) in [5, 5.41) is 36.6. The van der Waals surface area contributed by atoms with Crippen molar-refractivity contribution in [2.45, 2.75) is 95.2 Å². The fourth-order valence-electron chi connectivity index (χ4n) is 12.5. The minimum absolute atomic E-state index is 0.0157. The van der Waals surface area contributed by atoms with Crippen LogP contribution in [0.2, 0.25) is 0 Å². The predicted octanol–water partition coefficient (Wildman–Crippen LogP) is 11.3. The molecule has 1 aromatic heterocycles. The molecule has 10 nitrogen and oxygen atoms in total. The Morgan fingerprint density at radius 1 is 0.857 bits per heavy atom. The van der Waals surface area contributed by atoms with E-state index in [2.05, 4.69) is 82.8 Å². The Labute approximate surface area is 412 Å². The first kappa shape index (κ1) is 47.2. The number of Topliss-reactive ketones (excluding diaryl/α,β-unsaturated/α-hetero) is 1. The van der Waals surface area contributed by atoms with Crippen LogP contribution in [0.15, 0.2) is 121 Å². The summed E-state index contributed by atoms with van der Waals surface area (Å²) in [4.78, 5) is 21.0. The molecule has 4 aliphatic rings.